The lowest BCUT2D eigenvalue weighted by molar-refractivity contribution is 0.0735. The van der Waals surface area contributed by atoms with Crippen LogP contribution in [0.5, 0.6) is 0 Å². The SMILES string of the molecule is Cc1ccc(C(=O)N(CC2CC2)C2CC2)cc1C#CCN. The van der Waals surface area contributed by atoms with E-state index >= 15 is 0 Å². The smallest absolute Gasteiger partial charge is 0.254 e. The molecule has 0 atom stereocenters. The Balaban J connectivity index is 1.82. The number of carbonyl (C=O) groups is 1. The summed E-state index contributed by atoms with van der Waals surface area (Å²) in [4.78, 5) is 14.9. The molecule has 1 aromatic rings. The Kier molecular flexibility index (Phi) is 3.98. The first-order valence-electron chi connectivity index (χ1n) is 7.79. The third-order valence-electron chi connectivity index (χ3n) is 4.21. The average molecular weight is 282 g/mol. The summed E-state index contributed by atoms with van der Waals surface area (Å²) in [5.74, 6) is 6.83. The number of rotatable bonds is 4. The van der Waals surface area contributed by atoms with Crippen molar-refractivity contribution in [2.75, 3.05) is 13.1 Å². The van der Waals surface area contributed by atoms with Gasteiger partial charge in [0.05, 0.1) is 6.54 Å². The molecule has 0 bridgehead atoms. The van der Waals surface area contributed by atoms with E-state index in [1.807, 2.05) is 25.1 Å². The van der Waals surface area contributed by atoms with Crippen molar-refractivity contribution in [2.24, 2.45) is 11.7 Å². The van der Waals surface area contributed by atoms with E-state index in [-0.39, 0.29) is 5.91 Å². The third-order valence-corrected chi connectivity index (χ3v) is 4.21. The Morgan fingerprint density at radius 1 is 1.33 bits per heavy atom. The predicted octanol–water partition coefficient (Wildman–Crippen LogP) is 2.32. The number of nitrogens with two attached hydrogens (primary N) is 1. The van der Waals surface area contributed by atoms with E-state index in [1.165, 1.54) is 12.8 Å². The molecule has 3 heteroatoms. The van der Waals surface area contributed by atoms with Crippen molar-refractivity contribution in [2.45, 2.75) is 38.6 Å². The van der Waals surface area contributed by atoms with E-state index in [1.54, 1.807) is 0 Å². The molecule has 1 amide bonds. The van der Waals surface area contributed by atoms with Gasteiger partial charge in [-0.15, -0.1) is 0 Å². The summed E-state index contributed by atoms with van der Waals surface area (Å²) in [5.41, 5.74) is 8.19. The number of hydrogen-bond acceptors (Lipinski definition) is 2. The molecule has 0 heterocycles. The van der Waals surface area contributed by atoms with Gasteiger partial charge in [-0.05, 0) is 56.2 Å². The van der Waals surface area contributed by atoms with E-state index in [2.05, 4.69) is 16.7 Å². The van der Waals surface area contributed by atoms with Crippen LogP contribution in [0.3, 0.4) is 0 Å². The van der Waals surface area contributed by atoms with Crippen LogP contribution < -0.4 is 5.73 Å². The van der Waals surface area contributed by atoms with Crippen molar-refractivity contribution in [1.82, 2.24) is 4.90 Å². The van der Waals surface area contributed by atoms with Crippen LogP contribution in [0.4, 0.5) is 0 Å². The molecule has 0 aliphatic heterocycles. The summed E-state index contributed by atoms with van der Waals surface area (Å²) in [6.45, 7) is 3.28. The number of aryl methyl sites for hydroxylation is 1. The average Bonchev–Trinajstić information content (AvgIpc) is 3.36. The Morgan fingerprint density at radius 3 is 2.71 bits per heavy atom. The molecule has 2 aliphatic carbocycles. The van der Waals surface area contributed by atoms with Crippen molar-refractivity contribution in [3.8, 4) is 11.8 Å². The standard InChI is InChI=1S/C18H22N2O/c1-13-4-7-16(11-15(13)3-2-10-19)18(21)20(17-8-9-17)12-14-5-6-14/h4,7,11,14,17H,5-6,8-10,12,19H2,1H3. The van der Waals surface area contributed by atoms with Gasteiger partial charge in [0, 0.05) is 23.7 Å². The minimum Gasteiger partial charge on any atom is -0.335 e. The summed E-state index contributed by atoms with van der Waals surface area (Å²) in [6.07, 6.45) is 4.86. The van der Waals surface area contributed by atoms with E-state index in [9.17, 15) is 4.79 Å². The fourth-order valence-corrected chi connectivity index (χ4v) is 2.56. The number of hydrogen-bond donors (Lipinski definition) is 1. The molecule has 0 saturated heterocycles. The Labute approximate surface area is 126 Å². The largest absolute Gasteiger partial charge is 0.335 e. The molecule has 0 unspecified atom stereocenters. The molecule has 0 spiro atoms. The van der Waals surface area contributed by atoms with Gasteiger partial charge in [-0.1, -0.05) is 17.9 Å². The molecule has 0 radical (unpaired) electrons. The second-order valence-corrected chi connectivity index (χ2v) is 6.17. The second kappa shape index (κ2) is 5.91. The van der Waals surface area contributed by atoms with Crippen molar-refractivity contribution in [3.63, 3.8) is 0 Å². The van der Waals surface area contributed by atoms with Gasteiger partial charge in [-0.2, -0.15) is 0 Å². The predicted molar refractivity (Wildman–Crippen MR) is 83.9 cm³/mol. The fourth-order valence-electron chi connectivity index (χ4n) is 2.56. The maximum absolute atomic E-state index is 12.8. The number of carbonyl (C=O) groups excluding carboxylic acids is 1. The first-order valence-corrected chi connectivity index (χ1v) is 7.79. The zero-order valence-corrected chi connectivity index (χ0v) is 12.6. The van der Waals surface area contributed by atoms with Crippen molar-refractivity contribution >= 4 is 5.91 Å². The summed E-state index contributed by atoms with van der Waals surface area (Å²) >= 11 is 0. The van der Waals surface area contributed by atoms with Crippen LogP contribution in [0.1, 0.15) is 47.2 Å². The number of nitrogens with zero attached hydrogens (tertiary/aromatic N) is 1. The lowest BCUT2D eigenvalue weighted by atomic mass is 10.0. The van der Waals surface area contributed by atoms with Crippen molar-refractivity contribution in [1.29, 1.82) is 0 Å². The second-order valence-electron chi connectivity index (χ2n) is 6.17. The lowest BCUT2D eigenvalue weighted by Gasteiger charge is -2.22. The lowest BCUT2D eigenvalue weighted by Crippen LogP contribution is -2.35. The van der Waals surface area contributed by atoms with Gasteiger partial charge in [0.15, 0.2) is 0 Å². The Bertz CT molecular complexity index is 603. The van der Waals surface area contributed by atoms with Crippen LogP contribution in [0, 0.1) is 24.7 Å². The van der Waals surface area contributed by atoms with E-state index in [0.717, 1.165) is 42.0 Å². The minimum absolute atomic E-state index is 0.167. The highest BCUT2D eigenvalue weighted by molar-refractivity contribution is 5.95. The molecule has 2 saturated carbocycles. The van der Waals surface area contributed by atoms with Gasteiger partial charge in [0.1, 0.15) is 0 Å². The quantitative estimate of drug-likeness (QED) is 0.862. The molecular formula is C18H22N2O. The van der Waals surface area contributed by atoms with Crippen LogP contribution in [0.2, 0.25) is 0 Å². The van der Waals surface area contributed by atoms with E-state index in [0.29, 0.717) is 12.6 Å². The molecule has 3 rings (SSSR count). The molecule has 110 valence electrons. The monoisotopic (exact) mass is 282 g/mol. The maximum Gasteiger partial charge on any atom is 0.254 e. The molecule has 21 heavy (non-hydrogen) atoms. The van der Waals surface area contributed by atoms with Crippen LogP contribution >= 0.6 is 0 Å². The Hall–Kier alpha value is -1.79. The highest BCUT2D eigenvalue weighted by Crippen LogP contribution is 2.35. The molecule has 2 fully saturated rings. The van der Waals surface area contributed by atoms with Gasteiger partial charge in [-0.3, -0.25) is 4.79 Å². The molecule has 1 aromatic carbocycles. The molecule has 3 nitrogen and oxygen atoms in total. The van der Waals surface area contributed by atoms with Gasteiger partial charge < -0.3 is 10.6 Å². The molecule has 0 aromatic heterocycles. The van der Waals surface area contributed by atoms with Crippen LogP contribution in [0.15, 0.2) is 18.2 Å². The third kappa shape index (κ3) is 3.46. The molecular weight excluding hydrogens is 260 g/mol. The highest BCUT2D eigenvalue weighted by atomic mass is 16.2. The zero-order chi connectivity index (χ0) is 14.8. The fraction of sp³-hybridized carbons (Fsp3) is 0.500. The van der Waals surface area contributed by atoms with Crippen molar-refractivity contribution < 1.29 is 4.79 Å². The van der Waals surface area contributed by atoms with Gasteiger partial charge in [0.2, 0.25) is 0 Å². The summed E-state index contributed by atoms with van der Waals surface area (Å²) in [6, 6.07) is 6.30. The first kappa shape index (κ1) is 14.2. The summed E-state index contributed by atoms with van der Waals surface area (Å²) in [5, 5.41) is 0. The van der Waals surface area contributed by atoms with Crippen LogP contribution in [-0.2, 0) is 0 Å². The zero-order valence-electron chi connectivity index (χ0n) is 12.6. The summed E-state index contributed by atoms with van der Waals surface area (Å²) < 4.78 is 0. The van der Waals surface area contributed by atoms with Gasteiger partial charge in [-0.25, -0.2) is 0 Å². The van der Waals surface area contributed by atoms with Crippen LogP contribution in [-0.4, -0.2) is 29.9 Å². The van der Waals surface area contributed by atoms with E-state index in [4.69, 9.17) is 5.73 Å². The number of amides is 1. The topological polar surface area (TPSA) is 46.3 Å². The maximum atomic E-state index is 12.8. The first-order chi connectivity index (χ1) is 10.2. The summed E-state index contributed by atoms with van der Waals surface area (Å²) in [7, 11) is 0. The minimum atomic E-state index is 0.167. The van der Waals surface area contributed by atoms with Crippen molar-refractivity contribution in [3.05, 3.63) is 34.9 Å². The molecule has 2 aliphatic rings. The molecule has 2 N–H and O–H groups in total. The van der Waals surface area contributed by atoms with E-state index < -0.39 is 0 Å². The Morgan fingerprint density at radius 2 is 2.10 bits per heavy atom. The normalized spacial score (nSPS) is 17.0. The van der Waals surface area contributed by atoms with Crippen LogP contribution in [0.25, 0.3) is 0 Å². The number of benzene rings is 1. The van der Waals surface area contributed by atoms with Gasteiger partial charge >= 0.3 is 0 Å². The highest BCUT2D eigenvalue weighted by Gasteiger charge is 2.36. The van der Waals surface area contributed by atoms with Gasteiger partial charge in [0.25, 0.3) is 5.91 Å².